The van der Waals surface area contributed by atoms with E-state index in [9.17, 15) is 0 Å². The van der Waals surface area contributed by atoms with Crippen LogP contribution in [-0.2, 0) is 0 Å². The molecule has 2 fully saturated rings. The van der Waals surface area contributed by atoms with E-state index < -0.39 is 0 Å². The maximum Gasteiger partial charge on any atom is 0.183 e. The van der Waals surface area contributed by atoms with Gasteiger partial charge in [-0.1, -0.05) is 12.5 Å². The Labute approximate surface area is 125 Å². The molecule has 5 nitrogen and oxygen atoms in total. The first-order chi connectivity index (χ1) is 9.74. The molecule has 2 aliphatic carbocycles. The predicted octanol–water partition coefficient (Wildman–Crippen LogP) is 3.05. The monoisotopic (exact) mass is 333 g/mol. The highest BCUT2D eigenvalue weighted by Gasteiger charge is 2.42. The van der Waals surface area contributed by atoms with Gasteiger partial charge in [0.25, 0.3) is 0 Å². The molecule has 0 spiro atoms. The molecule has 20 heavy (non-hydrogen) atoms. The van der Waals surface area contributed by atoms with Gasteiger partial charge in [-0.15, -0.1) is 5.10 Å². The van der Waals surface area contributed by atoms with Crippen molar-refractivity contribution in [1.29, 1.82) is 0 Å². The van der Waals surface area contributed by atoms with Crippen molar-refractivity contribution in [3.63, 3.8) is 0 Å². The second-order valence-corrected chi connectivity index (χ2v) is 6.69. The Kier molecular flexibility index (Phi) is 2.80. The van der Waals surface area contributed by atoms with Gasteiger partial charge in [-0.2, -0.15) is 0 Å². The SMILES string of the molecule is Nc1cccc(-c2nnnn2C2CC3CCC2C3)c1Br. The van der Waals surface area contributed by atoms with Gasteiger partial charge in [-0.05, 0) is 69.6 Å². The molecule has 0 saturated heterocycles. The minimum atomic E-state index is 0.451. The van der Waals surface area contributed by atoms with Crippen molar-refractivity contribution >= 4 is 21.6 Å². The van der Waals surface area contributed by atoms with E-state index in [0.29, 0.717) is 11.7 Å². The largest absolute Gasteiger partial charge is 0.398 e. The molecule has 2 N–H and O–H groups in total. The predicted molar refractivity (Wildman–Crippen MR) is 79.9 cm³/mol. The summed E-state index contributed by atoms with van der Waals surface area (Å²) in [5.41, 5.74) is 7.65. The molecule has 0 aliphatic heterocycles. The zero-order valence-electron chi connectivity index (χ0n) is 11.0. The number of nitrogens with zero attached hydrogens (tertiary/aromatic N) is 4. The van der Waals surface area contributed by atoms with Crippen LogP contribution in [0, 0.1) is 11.8 Å². The van der Waals surface area contributed by atoms with Gasteiger partial charge in [0.1, 0.15) is 0 Å². The van der Waals surface area contributed by atoms with Gasteiger partial charge in [0.2, 0.25) is 0 Å². The Morgan fingerprint density at radius 1 is 1.25 bits per heavy atom. The third-order valence-electron chi connectivity index (χ3n) is 4.78. The van der Waals surface area contributed by atoms with Crippen molar-refractivity contribution in [3.8, 4) is 11.4 Å². The molecule has 6 heteroatoms. The lowest BCUT2D eigenvalue weighted by Gasteiger charge is -2.22. The molecule has 2 aromatic rings. The van der Waals surface area contributed by atoms with Gasteiger partial charge >= 0.3 is 0 Å². The Hall–Kier alpha value is -1.43. The number of rotatable bonds is 2. The van der Waals surface area contributed by atoms with Crippen molar-refractivity contribution < 1.29 is 0 Å². The lowest BCUT2D eigenvalue weighted by Crippen LogP contribution is -2.18. The van der Waals surface area contributed by atoms with Gasteiger partial charge < -0.3 is 5.73 Å². The fraction of sp³-hybridized carbons (Fsp3) is 0.500. The zero-order chi connectivity index (χ0) is 13.7. The number of aromatic nitrogens is 4. The topological polar surface area (TPSA) is 69.6 Å². The Bertz CT molecular complexity index is 653. The molecule has 2 bridgehead atoms. The lowest BCUT2D eigenvalue weighted by atomic mass is 9.95. The molecule has 2 aliphatic rings. The van der Waals surface area contributed by atoms with Crippen LogP contribution in [0.1, 0.15) is 31.7 Å². The first kappa shape index (κ1) is 12.3. The number of hydrogen-bond donors (Lipinski definition) is 1. The quantitative estimate of drug-likeness (QED) is 0.857. The van der Waals surface area contributed by atoms with E-state index in [1.54, 1.807) is 0 Å². The van der Waals surface area contributed by atoms with Crippen LogP contribution in [0.3, 0.4) is 0 Å². The molecule has 0 amide bonds. The van der Waals surface area contributed by atoms with Gasteiger partial charge in [-0.3, -0.25) is 0 Å². The van der Waals surface area contributed by atoms with E-state index in [0.717, 1.165) is 27.7 Å². The summed E-state index contributed by atoms with van der Waals surface area (Å²) >= 11 is 3.55. The van der Waals surface area contributed by atoms with E-state index in [4.69, 9.17) is 5.73 Å². The fourth-order valence-electron chi connectivity index (χ4n) is 3.83. The summed E-state index contributed by atoms with van der Waals surface area (Å²) in [6, 6.07) is 6.27. The zero-order valence-corrected chi connectivity index (χ0v) is 12.6. The highest BCUT2D eigenvalue weighted by Crippen LogP contribution is 2.51. The molecule has 4 rings (SSSR count). The van der Waals surface area contributed by atoms with E-state index in [1.165, 1.54) is 25.7 Å². The maximum atomic E-state index is 5.97. The number of hydrogen-bond acceptors (Lipinski definition) is 4. The van der Waals surface area contributed by atoms with Crippen molar-refractivity contribution in [3.05, 3.63) is 22.7 Å². The molecule has 3 unspecified atom stereocenters. The third kappa shape index (κ3) is 1.78. The molecule has 104 valence electrons. The second-order valence-electron chi connectivity index (χ2n) is 5.90. The number of fused-ring (bicyclic) bond motifs is 2. The van der Waals surface area contributed by atoms with Gasteiger partial charge in [0.05, 0.1) is 10.5 Å². The molecular weight excluding hydrogens is 318 g/mol. The van der Waals surface area contributed by atoms with Crippen LogP contribution in [0.2, 0.25) is 0 Å². The summed E-state index contributed by atoms with van der Waals surface area (Å²) in [6.45, 7) is 0. The smallest absolute Gasteiger partial charge is 0.183 e. The van der Waals surface area contributed by atoms with E-state index in [-0.39, 0.29) is 0 Å². The number of halogens is 1. The summed E-state index contributed by atoms with van der Waals surface area (Å²) in [5, 5.41) is 12.4. The molecule has 0 radical (unpaired) electrons. The number of nitrogen functional groups attached to an aromatic ring is 1. The molecule has 2 saturated carbocycles. The first-order valence-electron chi connectivity index (χ1n) is 7.06. The number of anilines is 1. The van der Waals surface area contributed by atoms with Crippen molar-refractivity contribution in [1.82, 2.24) is 20.2 Å². The van der Waals surface area contributed by atoms with E-state index in [1.807, 2.05) is 22.9 Å². The van der Waals surface area contributed by atoms with Crippen LogP contribution in [0.5, 0.6) is 0 Å². The third-order valence-corrected chi connectivity index (χ3v) is 5.66. The Morgan fingerprint density at radius 2 is 2.15 bits per heavy atom. The molecule has 3 atom stereocenters. The molecule has 1 aromatic heterocycles. The molecular formula is C14H16BrN5. The van der Waals surface area contributed by atoms with E-state index in [2.05, 4.69) is 31.5 Å². The van der Waals surface area contributed by atoms with Crippen LogP contribution in [0.4, 0.5) is 5.69 Å². The maximum absolute atomic E-state index is 5.97. The van der Waals surface area contributed by atoms with Gasteiger partial charge in [-0.25, -0.2) is 4.68 Å². The van der Waals surface area contributed by atoms with Crippen molar-refractivity contribution in [2.45, 2.75) is 31.7 Å². The standard InChI is InChI=1S/C14H16BrN5/c15-13-10(2-1-3-11(13)16)14-17-18-19-20(14)12-7-8-4-5-9(12)6-8/h1-3,8-9,12H,4-7,16H2. The van der Waals surface area contributed by atoms with Gasteiger partial charge in [0, 0.05) is 11.3 Å². The summed E-state index contributed by atoms with van der Waals surface area (Å²) in [5.74, 6) is 2.43. The number of tetrazole rings is 1. The number of nitrogens with two attached hydrogens (primary N) is 1. The fourth-order valence-corrected chi connectivity index (χ4v) is 4.27. The van der Waals surface area contributed by atoms with Crippen LogP contribution in [0.15, 0.2) is 22.7 Å². The van der Waals surface area contributed by atoms with Crippen LogP contribution in [-0.4, -0.2) is 20.2 Å². The first-order valence-corrected chi connectivity index (χ1v) is 7.85. The summed E-state index contributed by atoms with van der Waals surface area (Å²) in [6.07, 6.45) is 5.23. The Morgan fingerprint density at radius 3 is 2.90 bits per heavy atom. The Balaban J connectivity index is 1.77. The van der Waals surface area contributed by atoms with Gasteiger partial charge in [0.15, 0.2) is 5.82 Å². The summed E-state index contributed by atoms with van der Waals surface area (Å²) in [4.78, 5) is 0. The molecule has 1 aromatic carbocycles. The number of benzene rings is 1. The normalized spacial score (nSPS) is 28.1. The highest BCUT2D eigenvalue weighted by atomic mass is 79.9. The molecule has 1 heterocycles. The average Bonchev–Trinajstić information content (AvgIpc) is 3.15. The van der Waals surface area contributed by atoms with E-state index >= 15 is 0 Å². The minimum absolute atomic E-state index is 0.451. The van der Waals surface area contributed by atoms with Crippen LogP contribution in [0.25, 0.3) is 11.4 Å². The average molecular weight is 334 g/mol. The highest BCUT2D eigenvalue weighted by molar-refractivity contribution is 9.10. The van der Waals surface area contributed by atoms with Crippen LogP contribution < -0.4 is 5.73 Å². The summed E-state index contributed by atoms with van der Waals surface area (Å²) < 4.78 is 2.89. The summed E-state index contributed by atoms with van der Waals surface area (Å²) in [7, 11) is 0. The minimum Gasteiger partial charge on any atom is -0.398 e. The second kappa shape index (κ2) is 4.55. The van der Waals surface area contributed by atoms with Crippen molar-refractivity contribution in [2.75, 3.05) is 5.73 Å². The van der Waals surface area contributed by atoms with Crippen molar-refractivity contribution in [2.24, 2.45) is 11.8 Å². The van der Waals surface area contributed by atoms with Crippen LogP contribution >= 0.6 is 15.9 Å². The lowest BCUT2D eigenvalue weighted by molar-refractivity contribution is 0.304.